The first kappa shape index (κ1) is 19.4. The molecule has 2 aliphatic rings. The molecule has 1 aliphatic carbocycles. The van der Waals surface area contributed by atoms with Gasteiger partial charge in [-0.05, 0) is 48.2 Å². The molecule has 4 rings (SSSR count). The van der Waals surface area contributed by atoms with Crippen molar-refractivity contribution < 1.29 is 14.7 Å². The predicted molar refractivity (Wildman–Crippen MR) is 112 cm³/mol. The minimum atomic E-state index is -1.99. The van der Waals surface area contributed by atoms with E-state index in [0.717, 1.165) is 4.47 Å². The largest absolute Gasteiger partial charge is 0.360 e. The van der Waals surface area contributed by atoms with Gasteiger partial charge in [0.15, 0.2) is 5.78 Å². The van der Waals surface area contributed by atoms with Gasteiger partial charge in [0.05, 0.1) is 5.57 Å². The van der Waals surface area contributed by atoms with Crippen LogP contribution in [0.2, 0.25) is 5.02 Å². The highest BCUT2D eigenvalue weighted by Gasteiger charge is 2.57. The Hall–Kier alpha value is -1.95. The molecule has 2 aromatic rings. The van der Waals surface area contributed by atoms with Crippen LogP contribution in [0.5, 0.6) is 0 Å². The molecule has 6 heteroatoms. The topological polar surface area (TPSA) is 57.6 Å². The first-order valence-corrected chi connectivity index (χ1v) is 10.2. The smallest absolute Gasteiger partial charge is 0.234 e. The number of nitrogens with zero attached hydrogens (tertiary/aromatic N) is 1. The molecule has 1 aliphatic heterocycles. The normalized spacial score (nSPS) is 24.0. The molecule has 144 valence electrons. The van der Waals surface area contributed by atoms with Crippen LogP contribution in [0.4, 0.5) is 5.69 Å². The Morgan fingerprint density at radius 2 is 1.61 bits per heavy atom. The van der Waals surface area contributed by atoms with E-state index in [4.69, 9.17) is 11.6 Å². The number of benzene rings is 2. The molecule has 1 atom stereocenters. The molecular formula is C22H19BrClNO3. The summed E-state index contributed by atoms with van der Waals surface area (Å²) < 4.78 is 0.881. The molecule has 0 fully saturated rings. The number of anilines is 1. The van der Waals surface area contributed by atoms with Gasteiger partial charge in [0.1, 0.15) is 0 Å². The van der Waals surface area contributed by atoms with E-state index in [9.17, 15) is 14.7 Å². The number of hydrogen-bond acceptors (Lipinski definition) is 4. The molecule has 0 aromatic heterocycles. The van der Waals surface area contributed by atoms with Crippen LogP contribution in [-0.4, -0.2) is 16.7 Å². The zero-order valence-corrected chi connectivity index (χ0v) is 17.8. The Labute approximate surface area is 176 Å². The summed E-state index contributed by atoms with van der Waals surface area (Å²) in [6.07, 6.45) is 0.800. The molecule has 1 N–H and O–H groups in total. The SMILES string of the molecule is CC1(C)CC(=O)C2=C(C1)N(c1ccc(Br)cc1)C(O)(c1ccc(Cl)cc1)C2=O. The fourth-order valence-electron chi connectivity index (χ4n) is 4.08. The van der Waals surface area contributed by atoms with Gasteiger partial charge < -0.3 is 10.0 Å². The number of halogens is 2. The van der Waals surface area contributed by atoms with E-state index in [-0.39, 0.29) is 23.2 Å². The first-order chi connectivity index (χ1) is 13.1. The second kappa shape index (κ2) is 6.55. The number of carbonyl (C=O) groups excluding carboxylic acids is 2. The van der Waals surface area contributed by atoms with Crippen LogP contribution in [0, 0.1) is 5.41 Å². The van der Waals surface area contributed by atoms with Crippen molar-refractivity contribution in [1.82, 2.24) is 0 Å². The molecule has 2 aromatic carbocycles. The van der Waals surface area contributed by atoms with Crippen molar-refractivity contribution >= 4 is 44.8 Å². The molecule has 0 amide bonds. The third-order valence-electron chi connectivity index (χ3n) is 5.32. The van der Waals surface area contributed by atoms with E-state index in [0.29, 0.717) is 28.4 Å². The highest BCUT2D eigenvalue weighted by Crippen LogP contribution is 2.50. The van der Waals surface area contributed by atoms with Crippen LogP contribution in [-0.2, 0) is 15.3 Å². The third kappa shape index (κ3) is 2.93. The second-order valence-corrected chi connectivity index (χ2v) is 9.43. The standard InChI is InChI=1S/C22H19BrClNO3/c1-21(2)11-17-19(18(26)12-21)20(27)22(28,13-3-7-15(24)8-4-13)25(17)16-9-5-14(23)6-10-16/h3-10,28H,11-12H2,1-2H3. The summed E-state index contributed by atoms with van der Waals surface area (Å²) in [5.41, 5.74) is -0.575. The average molecular weight is 461 g/mol. The van der Waals surface area contributed by atoms with E-state index in [2.05, 4.69) is 15.9 Å². The van der Waals surface area contributed by atoms with Crippen molar-refractivity contribution in [2.24, 2.45) is 5.41 Å². The maximum Gasteiger partial charge on any atom is 0.234 e. The Bertz CT molecular complexity index is 1010. The summed E-state index contributed by atoms with van der Waals surface area (Å²) in [4.78, 5) is 27.9. The highest BCUT2D eigenvalue weighted by molar-refractivity contribution is 9.10. The van der Waals surface area contributed by atoms with Crippen molar-refractivity contribution in [2.45, 2.75) is 32.4 Å². The molecular weight excluding hydrogens is 442 g/mol. The predicted octanol–water partition coefficient (Wildman–Crippen LogP) is 4.98. The summed E-state index contributed by atoms with van der Waals surface area (Å²) in [5.74, 6) is -0.795. The van der Waals surface area contributed by atoms with Gasteiger partial charge in [-0.15, -0.1) is 0 Å². The molecule has 28 heavy (non-hydrogen) atoms. The number of aliphatic hydroxyl groups is 1. The summed E-state index contributed by atoms with van der Waals surface area (Å²) in [5, 5.41) is 12.3. The van der Waals surface area contributed by atoms with E-state index in [1.165, 1.54) is 0 Å². The molecule has 0 spiro atoms. The molecule has 4 nitrogen and oxygen atoms in total. The quantitative estimate of drug-likeness (QED) is 0.642. The lowest BCUT2D eigenvalue weighted by Gasteiger charge is -2.38. The minimum absolute atomic E-state index is 0.111. The highest BCUT2D eigenvalue weighted by atomic mass is 79.9. The Morgan fingerprint density at radius 1 is 1.00 bits per heavy atom. The number of Topliss-reactive ketones (excluding diaryl/α,β-unsaturated/α-hetero) is 2. The molecule has 0 radical (unpaired) electrons. The third-order valence-corrected chi connectivity index (χ3v) is 6.10. The van der Waals surface area contributed by atoms with E-state index in [1.54, 1.807) is 29.2 Å². The summed E-state index contributed by atoms with van der Waals surface area (Å²) in [6.45, 7) is 4.00. The van der Waals surface area contributed by atoms with Crippen molar-refractivity contribution in [3.63, 3.8) is 0 Å². The number of carbonyl (C=O) groups is 2. The molecule has 1 heterocycles. The van der Waals surface area contributed by atoms with Crippen LogP contribution in [0.25, 0.3) is 0 Å². The Morgan fingerprint density at radius 3 is 2.21 bits per heavy atom. The fraction of sp³-hybridized carbons (Fsp3) is 0.273. The van der Waals surface area contributed by atoms with Gasteiger partial charge >= 0.3 is 0 Å². The Balaban J connectivity index is 1.96. The minimum Gasteiger partial charge on any atom is -0.360 e. The van der Waals surface area contributed by atoms with Crippen LogP contribution < -0.4 is 4.90 Å². The van der Waals surface area contributed by atoms with Gasteiger partial charge in [0, 0.05) is 32.9 Å². The lowest BCUT2D eigenvalue weighted by molar-refractivity contribution is -0.133. The maximum absolute atomic E-state index is 13.4. The number of rotatable bonds is 2. The monoisotopic (exact) mass is 459 g/mol. The average Bonchev–Trinajstić information content (AvgIpc) is 2.84. The van der Waals surface area contributed by atoms with Gasteiger partial charge in [-0.2, -0.15) is 0 Å². The number of ketones is 2. The molecule has 0 saturated heterocycles. The second-order valence-electron chi connectivity index (χ2n) is 8.08. The summed E-state index contributed by atoms with van der Waals surface area (Å²) in [6, 6.07) is 13.8. The zero-order chi connectivity index (χ0) is 20.3. The van der Waals surface area contributed by atoms with Gasteiger partial charge in [0.25, 0.3) is 0 Å². The van der Waals surface area contributed by atoms with Crippen molar-refractivity contribution in [1.29, 1.82) is 0 Å². The number of hydrogen-bond donors (Lipinski definition) is 1. The van der Waals surface area contributed by atoms with Crippen LogP contribution in [0.3, 0.4) is 0 Å². The molecule has 0 saturated carbocycles. The van der Waals surface area contributed by atoms with Crippen LogP contribution in [0.1, 0.15) is 32.3 Å². The van der Waals surface area contributed by atoms with Crippen LogP contribution >= 0.6 is 27.5 Å². The lowest BCUT2D eigenvalue weighted by Crippen LogP contribution is -2.47. The molecule has 1 unspecified atom stereocenters. The fourth-order valence-corrected chi connectivity index (χ4v) is 4.47. The van der Waals surface area contributed by atoms with Crippen molar-refractivity contribution in [3.05, 3.63) is 74.9 Å². The Kier molecular flexibility index (Phi) is 4.53. The maximum atomic E-state index is 13.4. The van der Waals surface area contributed by atoms with Crippen molar-refractivity contribution in [2.75, 3.05) is 4.90 Å². The number of allylic oxidation sites excluding steroid dienone is 1. The summed E-state index contributed by atoms with van der Waals surface area (Å²) in [7, 11) is 0. The van der Waals surface area contributed by atoms with E-state index < -0.39 is 11.5 Å². The van der Waals surface area contributed by atoms with Crippen molar-refractivity contribution in [3.8, 4) is 0 Å². The molecule has 0 bridgehead atoms. The van der Waals surface area contributed by atoms with Crippen LogP contribution in [0.15, 0.2) is 64.3 Å². The van der Waals surface area contributed by atoms with E-state index in [1.807, 2.05) is 38.1 Å². The van der Waals surface area contributed by atoms with Gasteiger partial charge in [0.2, 0.25) is 11.5 Å². The van der Waals surface area contributed by atoms with Gasteiger partial charge in [-0.3, -0.25) is 9.59 Å². The lowest BCUT2D eigenvalue weighted by atomic mass is 9.75. The van der Waals surface area contributed by atoms with E-state index >= 15 is 0 Å². The van der Waals surface area contributed by atoms with Gasteiger partial charge in [-0.25, -0.2) is 0 Å². The summed E-state index contributed by atoms with van der Waals surface area (Å²) >= 11 is 9.42. The first-order valence-electron chi connectivity index (χ1n) is 8.99. The zero-order valence-electron chi connectivity index (χ0n) is 15.5. The van der Waals surface area contributed by atoms with Gasteiger partial charge in [-0.1, -0.05) is 53.5 Å².